The van der Waals surface area contributed by atoms with Gasteiger partial charge in [0.05, 0.1) is 26.4 Å². The number of likely N-dealkylation sites (tertiary alicyclic amines) is 1. The quantitative estimate of drug-likeness (QED) is 0.838. The number of para-hydroxylation sites is 1. The fourth-order valence-electron chi connectivity index (χ4n) is 2.80. The first-order valence-electron chi connectivity index (χ1n) is 7.89. The fraction of sp³-hybridized carbons (Fsp3) is 0.647. The second-order valence-corrected chi connectivity index (χ2v) is 5.70. The van der Waals surface area contributed by atoms with Crippen molar-refractivity contribution < 1.29 is 14.6 Å². The number of rotatable bonds is 7. The molecule has 2 rings (SSSR count). The largest absolute Gasteiger partial charge is 0.496 e. The van der Waals surface area contributed by atoms with E-state index in [0.29, 0.717) is 19.8 Å². The smallest absolute Gasteiger partial charge is 0.124 e. The van der Waals surface area contributed by atoms with Crippen molar-refractivity contribution in [2.24, 2.45) is 0 Å². The van der Waals surface area contributed by atoms with E-state index in [0.717, 1.165) is 24.4 Å². The highest BCUT2D eigenvalue weighted by molar-refractivity contribution is 5.32. The summed E-state index contributed by atoms with van der Waals surface area (Å²) in [4.78, 5) is 2.35. The molecule has 1 atom stereocenters. The topological polar surface area (TPSA) is 41.9 Å². The molecule has 0 amide bonds. The summed E-state index contributed by atoms with van der Waals surface area (Å²) in [7, 11) is 1.66. The van der Waals surface area contributed by atoms with Gasteiger partial charge in [-0.15, -0.1) is 0 Å². The Morgan fingerprint density at radius 2 is 1.86 bits per heavy atom. The lowest BCUT2D eigenvalue weighted by atomic mass is 10.2. The van der Waals surface area contributed by atoms with Crippen molar-refractivity contribution in [2.45, 2.75) is 38.4 Å². The Labute approximate surface area is 127 Å². The molecule has 0 radical (unpaired) electrons. The standard InChI is InChI=1S/C17H27NO3/c1-20-17-9-5-4-8-15(17)13-21-14-16(19)12-18-10-6-2-3-7-11-18/h4-5,8-9,16,19H,2-3,6-7,10-14H2,1H3. The van der Waals surface area contributed by atoms with Gasteiger partial charge in [0, 0.05) is 12.1 Å². The van der Waals surface area contributed by atoms with Crippen LogP contribution in [-0.4, -0.2) is 49.5 Å². The Hall–Kier alpha value is -1.10. The molecule has 1 fully saturated rings. The first-order valence-corrected chi connectivity index (χ1v) is 7.89. The molecule has 1 N–H and O–H groups in total. The highest BCUT2D eigenvalue weighted by atomic mass is 16.5. The van der Waals surface area contributed by atoms with E-state index in [1.54, 1.807) is 7.11 Å². The zero-order chi connectivity index (χ0) is 14.9. The minimum absolute atomic E-state index is 0.370. The molecule has 1 heterocycles. The molecule has 118 valence electrons. The van der Waals surface area contributed by atoms with E-state index in [1.807, 2.05) is 24.3 Å². The van der Waals surface area contributed by atoms with Crippen molar-refractivity contribution in [3.05, 3.63) is 29.8 Å². The molecular formula is C17H27NO3. The fourth-order valence-corrected chi connectivity index (χ4v) is 2.80. The van der Waals surface area contributed by atoms with E-state index in [-0.39, 0.29) is 0 Å². The molecule has 0 bridgehead atoms. The van der Waals surface area contributed by atoms with Crippen LogP contribution in [0.1, 0.15) is 31.2 Å². The minimum atomic E-state index is -0.419. The van der Waals surface area contributed by atoms with Crippen molar-refractivity contribution in [1.29, 1.82) is 0 Å². The zero-order valence-corrected chi connectivity index (χ0v) is 13.0. The summed E-state index contributed by atoms with van der Waals surface area (Å²) < 4.78 is 10.9. The van der Waals surface area contributed by atoms with E-state index >= 15 is 0 Å². The van der Waals surface area contributed by atoms with Crippen LogP contribution >= 0.6 is 0 Å². The maximum absolute atomic E-state index is 10.1. The summed E-state index contributed by atoms with van der Waals surface area (Å²) in [6.07, 6.45) is 4.70. The molecule has 1 aromatic rings. The predicted molar refractivity (Wildman–Crippen MR) is 83.6 cm³/mol. The summed E-state index contributed by atoms with van der Waals surface area (Å²) in [6, 6.07) is 7.82. The average molecular weight is 293 g/mol. The third-order valence-corrected chi connectivity index (χ3v) is 3.93. The molecule has 4 heteroatoms. The summed E-state index contributed by atoms with van der Waals surface area (Å²) in [5.41, 5.74) is 1.02. The number of aliphatic hydroxyl groups excluding tert-OH is 1. The molecule has 1 aliphatic rings. The van der Waals surface area contributed by atoms with Crippen LogP contribution in [0.4, 0.5) is 0 Å². The predicted octanol–water partition coefficient (Wildman–Crippen LogP) is 2.45. The van der Waals surface area contributed by atoms with Gasteiger partial charge in [-0.3, -0.25) is 0 Å². The van der Waals surface area contributed by atoms with Gasteiger partial charge in [0.2, 0.25) is 0 Å². The second kappa shape index (κ2) is 9.03. The molecule has 1 saturated heterocycles. The summed E-state index contributed by atoms with van der Waals surface area (Å²) in [5.74, 6) is 0.833. The number of β-amino-alcohol motifs (C(OH)–C–C–N with tert-alkyl or cyclic N) is 1. The zero-order valence-electron chi connectivity index (χ0n) is 13.0. The highest BCUT2D eigenvalue weighted by Gasteiger charge is 2.14. The van der Waals surface area contributed by atoms with Crippen LogP contribution in [0.25, 0.3) is 0 Å². The van der Waals surface area contributed by atoms with Crippen molar-refractivity contribution in [3.8, 4) is 5.75 Å². The number of benzene rings is 1. The Morgan fingerprint density at radius 3 is 2.57 bits per heavy atom. The lowest BCUT2D eigenvalue weighted by Crippen LogP contribution is -2.35. The van der Waals surface area contributed by atoms with Crippen LogP contribution < -0.4 is 4.74 Å². The Bertz CT molecular complexity index is 403. The van der Waals surface area contributed by atoms with E-state index in [2.05, 4.69) is 4.90 Å². The second-order valence-electron chi connectivity index (χ2n) is 5.70. The Balaban J connectivity index is 1.69. The van der Waals surface area contributed by atoms with Crippen molar-refractivity contribution in [3.63, 3.8) is 0 Å². The van der Waals surface area contributed by atoms with Gasteiger partial charge in [0.15, 0.2) is 0 Å². The number of hydrogen-bond acceptors (Lipinski definition) is 4. The van der Waals surface area contributed by atoms with Crippen molar-refractivity contribution >= 4 is 0 Å². The summed E-state index contributed by atoms with van der Waals surface area (Å²) in [6.45, 7) is 3.76. The Morgan fingerprint density at radius 1 is 1.14 bits per heavy atom. The maximum atomic E-state index is 10.1. The van der Waals surface area contributed by atoms with Gasteiger partial charge in [-0.1, -0.05) is 31.0 Å². The monoisotopic (exact) mass is 293 g/mol. The normalized spacial score (nSPS) is 18.2. The van der Waals surface area contributed by atoms with Gasteiger partial charge in [0.25, 0.3) is 0 Å². The number of nitrogens with zero attached hydrogens (tertiary/aromatic N) is 1. The number of methoxy groups -OCH3 is 1. The van der Waals surface area contributed by atoms with Crippen LogP contribution in [0.2, 0.25) is 0 Å². The van der Waals surface area contributed by atoms with Crippen LogP contribution in [0.15, 0.2) is 24.3 Å². The van der Waals surface area contributed by atoms with Gasteiger partial charge in [-0.2, -0.15) is 0 Å². The first kappa shape index (κ1) is 16.3. The average Bonchev–Trinajstić information content (AvgIpc) is 2.76. The van der Waals surface area contributed by atoms with Crippen LogP contribution in [0, 0.1) is 0 Å². The molecule has 4 nitrogen and oxygen atoms in total. The molecule has 0 aliphatic carbocycles. The van der Waals surface area contributed by atoms with Gasteiger partial charge in [-0.05, 0) is 32.0 Å². The Kier molecular flexibility index (Phi) is 7.00. The van der Waals surface area contributed by atoms with E-state index in [1.165, 1.54) is 25.7 Å². The molecule has 1 aliphatic heterocycles. The van der Waals surface area contributed by atoms with Gasteiger partial charge < -0.3 is 19.5 Å². The molecule has 21 heavy (non-hydrogen) atoms. The molecular weight excluding hydrogens is 266 g/mol. The SMILES string of the molecule is COc1ccccc1COCC(O)CN1CCCCCC1. The van der Waals surface area contributed by atoms with Crippen LogP contribution in [0.3, 0.4) is 0 Å². The maximum Gasteiger partial charge on any atom is 0.124 e. The molecule has 1 aromatic carbocycles. The number of aliphatic hydroxyl groups is 1. The molecule has 0 aromatic heterocycles. The third-order valence-electron chi connectivity index (χ3n) is 3.93. The lowest BCUT2D eigenvalue weighted by molar-refractivity contribution is 0.00993. The van der Waals surface area contributed by atoms with Crippen molar-refractivity contribution in [1.82, 2.24) is 4.90 Å². The molecule has 0 spiro atoms. The molecule has 1 unspecified atom stereocenters. The van der Waals surface area contributed by atoms with Crippen LogP contribution in [-0.2, 0) is 11.3 Å². The van der Waals surface area contributed by atoms with Gasteiger partial charge in [0.1, 0.15) is 5.75 Å². The van der Waals surface area contributed by atoms with Gasteiger partial charge >= 0.3 is 0 Å². The van der Waals surface area contributed by atoms with Crippen molar-refractivity contribution in [2.75, 3.05) is 33.4 Å². The van der Waals surface area contributed by atoms with Gasteiger partial charge in [-0.25, -0.2) is 0 Å². The minimum Gasteiger partial charge on any atom is -0.496 e. The molecule has 0 saturated carbocycles. The third kappa shape index (κ3) is 5.65. The highest BCUT2D eigenvalue weighted by Crippen LogP contribution is 2.18. The summed E-state index contributed by atoms with van der Waals surface area (Å²) in [5, 5.41) is 10.1. The van der Waals surface area contributed by atoms with E-state index in [4.69, 9.17) is 9.47 Å². The number of ether oxygens (including phenoxy) is 2. The van der Waals surface area contributed by atoms with E-state index in [9.17, 15) is 5.11 Å². The van der Waals surface area contributed by atoms with E-state index < -0.39 is 6.10 Å². The van der Waals surface area contributed by atoms with Crippen LogP contribution in [0.5, 0.6) is 5.75 Å². The number of hydrogen-bond donors (Lipinski definition) is 1. The summed E-state index contributed by atoms with van der Waals surface area (Å²) >= 11 is 0. The lowest BCUT2D eigenvalue weighted by Gasteiger charge is -2.23. The first-order chi connectivity index (χ1) is 10.3.